The largest absolute Gasteiger partial charge is 0.404 e. The topological polar surface area (TPSA) is 118 Å². The Kier molecular flexibility index (Phi) is 8.68. The van der Waals surface area contributed by atoms with Gasteiger partial charge in [-0.15, -0.1) is 0 Å². The number of nitriles is 1. The van der Waals surface area contributed by atoms with Crippen molar-refractivity contribution in [2.24, 2.45) is 5.92 Å². The molecule has 4 rings (SSSR count). The van der Waals surface area contributed by atoms with Gasteiger partial charge < -0.3 is 14.6 Å². The van der Waals surface area contributed by atoms with Crippen LogP contribution in [0.4, 0.5) is 13.2 Å². The highest BCUT2D eigenvalue weighted by molar-refractivity contribution is 6.76. The van der Waals surface area contributed by atoms with E-state index in [1.807, 2.05) is 16.8 Å². The summed E-state index contributed by atoms with van der Waals surface area (Å²) in [6.07, 6.45) is 0.577. The first-order valence-corrected chi connectivity index (χ1v) is 17.0. The monoisotopic (exact) mass is 564 g/mol. The van der Waals surface area contributed by atoms with E-state index in [1.165, 1.54) is 6.20 Å². The predicted molar refractivity (Wildman–Crippen MR) is 145 cm³/mol. The van der Waals surface area contributed by atoms with Crippen molar-refractivity contribution in [3.05, 3.63) is 39.3 Å². The standard InChI is InChI=1S/C26H35F3N6O3Si/c1-39(2,3)13-12-38-16-34-11-9-19-22-20(15-32-23(19)34)24(36)33-25(37)35(22)18-6-4-17(5-7-18)14-31-21(8-10-30)26(27,28)29/h9,11,15,17-18,21,31H,4-8,12-14,16H2,1-3H3,(H,33,36,37)/t17-,18-,21?. The van der Waals surface area contributed by atoms with E-state index >= 15 is 0 Å². The molecule has 1 aliphatic carbocycles. The van der Waals surface area contributed by atoms with Crippen LogP contribution in [0.25, 0.3) is 21.9 Å². The van der Waals surface area contributed by atoms with Crippen LogP contribution in [0.5, 0.6) is 0 Å². The Hall–Kier alpha value is -2.95. The Labute approximate surface area is 225 Å². The molecule has 3 aromatic heterocycles. The molecule has 13 heteroatoms. The van der Waals surface area contributed by atoms with E-state index in [9.17, 15) is 22.8 Å². The third-order valence-electron chi connectivity index (χ3n) is 7.44. The molecule has 0 aromatic carbocycles. The summed E-state index contributed by atoms with van der Waals surface area (Å²) in [6, 6.07) is 2.40. The minimum absolute atomic E-state index is 0.00871. The van der Waals surface area contributed by atoms with E-state index < -0.39 is 38.0 Å². The van der Waals surface area contributed by atoms with Gasteiger partial charge in [-0.3, -0.25) is 14.3 Å². The summed E-state index contributed by atoms with van der Waals surface area (Å²) in [5.41, 5.74) is 0.116. The second-order valence-corrected chi connectivity index (χ2v) is 17.2. The van der Waals surface area contributed by atoms with Crippen LogP contribution in [-0.2, 0) is 11.5 Å². The van der Waals surface area contributed by atoms with Gasteiger partial charge in [-0.05, 0) is 50.3 Å². The Morgan fingerprint density at radius 1 is 1.23 bits per heavy atom. The van der Waals surface area contributed by atoms with Crippen LogP contribution in [0.15, 0.2) is 28.0 Å². The van der Waals surface area contributed by atoms with Crippen LogP contribution in [0, 0.1) is 17.2 Å². The van der Waals surface area contributed by atoms with E-state index in [0.29, 0.717) is 61.0 Å². The molecule has 1 aliphatic rings. The minimum atomic E-state index is -4.48. The average Bonchev–Trinajstić information content (AvgIpc) is 3.27. The third-order valence-corrected chi connectivity index (χ3v) is 9.14. The quantitative estimate of drug-likeness (QED) is 0.276. The van der Waals surface area contributed by atoms with Crippen LogP contribution in [0.2, 0.25) is 25.7 Å². The Morgan fingerprint density at radius 3 is 2.59 bits per heavy atom. The van der Waals surface area contributed by atoms with Crippen molar-refractivity contribution in [3.63, 3.8) is 0 Å². The Bertz CT molecular complexity index is 1460. The molecule has 1 fully saturated rings. The highest BCUT2D eigenvalue weighted by Gasteiger charge is 2.39. The zero-order valence-corrected chi connectivity index (χ0v) is 23.5. The molecule has 1 unspecified atom stereocenters. The number of nitrogens with zero attached hydrogens (tertiary/aromatic N) is 4. The number of fused-ring (bicyclic) bond motifs is 3. The first-order chi connectivity index (χ1) is 18.4. The fourth-order valence-electron chi connectivity index (χ4n) is 5.18. The first-order valence-electron chi connectivity index (χ1n) is 13.3. The van der Waals surface area contributed by atoms with Gasteiger partial charge in [-0.25, -0.2) is 9.78 Å². The van der Waals surface area contributed by atoms with E-state index in [4.69, 9.17) is 10.00 Å². The molecule has 212 valence electrons. The Balaban J connectivity index is 1.54. The number of rotatable bonds is 10. The van der Waals surface area contributed by atoms with Gasteiger partial charge >= 0.3 is 11.9 Å². The van der Waals surface area contributed by atoms with Gasteiger partial charge in [-0.1, -0.05) is 19.6 Å². The third kappa shape index (κ3) is 6.80. The normalized spacial score (nSPS) is 19.4. The molecule has 3 aromatic rings. The number of hydrogen-bond donors (Lipinski definition) is 2. The van der Waals surface area contributed by atoms with E-state index in [0.717, 1.165) is 6.04 Å². The highest BCUT2D eigenvalue weighted by Crippen LogP contribution is 2.34. The van der Waals surface area contributed by atoms with Gasteiger partial charge in [-0.2, -0.15) is 18.4 Å². The van der Waals surface area contributed by atoms with Gasteiger partial charge in [0.1, 0.15) is 18.4 Å². The molecule has 0 amide bonds. The molecule has 1 saturated carbocycles. The summed E-state index contributed by atoms with van der Waals surface area (Å²) in [5.74, 6) is -0.00871. The van der Waals surface area contributed by atoms with Crippen molar-refractivity contribution in [2.75, 3.05) is 13.2 Å². The van der Waals surface area contributed by atoms with Crippen molar-refractivity contribution in [1.82, 2.24) is 24.4 Å². The maximum Gasteiger partial charge on any atom is 0.404 e. The lowest BCUT2D eigenvalue weighted by molar-refractivity contribution is -0.155. The maximum atomic E-state index is 13.1. The van der Waals surface area contributed by atoms with Crippen LogP contribution in [0.1, 0.15) is 38.1 Å². The Morgan fingerprint density at radius 2 is 1.95 bits per heavy atom. The number of pyridine rings is 1. The number of hydrogen-bond acceptors (Lipinski definition) is 6. The van der Waals surface area contributed by atoms with Gasteiger partial charge in [0, 0.05) is 38.5 Å². The minimum Gasteiger partial charge on any atom is -0.361 e. The fourth-order valence-corrected chi connectivity index (χ4v) is 5.94. The molecule has 0 saturated heterocycles. The zero-order chi connectivity index (χ0) is 28.4. The lowest BCUT2D eigenvalue weighted by atomic mass is 9.85. The van der Waals surface area contributed by atoms with E-state index in [2.05, 4.69) is 34.9 Å². The average molecular weight is 565 g/mol. The lowest BCUT2D eigenvalue weighted by Crippen LogP contribution is -2.44. The van der Waals surface area contributed by atoms with Gasteiger partial charge in [0.15, 0.2) is 0 Å². The van der Waals surface area contributed by atoms with Gasteiger partial charge in [0.2, 0.25) is 0 Å². The predicted octanol–water partition coefficient (Wildman–Crippen LogP) is 4.52. The number of alkyl halides is 3. The van der Waals surface area contributed by atoms with Crippen LogP contribution >= 0.6 is 0 Å². The van der Waals surface area contributed by atoms with Crippen molar-refractivity contribution in [1.29, 1.82) is 5.26 Å². The summed E-state index contributed by atoms with van der Waals surface area (Å²) >= 11 is 0. The smallest absolute Gasteiger partial charge is 0.361 e. The van der Waals surface area contributed by atoms with E-state index in [-0.39, 0.29) is 18.5 Å². The van der Waals surface area contributed by atoms with Gasteiger partial charge in [0.05, 0.1) is 23.4 Å². The van der Waals surface area contributed by atoms with Crippen LogP contribution in [-0.4, -0.2) is 52.5 Å². The molecule has 0 bridgehead atoms. The SMILES string of the molecule is C[Si](C)(C)CCOCn1ccc2c1ncc1c(=O)[nH]c(=O)n([C@H]3CC[C@H](CNC(CC#N)C(F)(F)F)CC3)c12. The molecule has 9 nitrogen and oxygen atoms in total. The summed E-state index contributed by atoms with van der Waals surface area (Å²) in [7, 11) is -1.23. The lowest BCUT2D eigenvalue weighted by Gasteiger charge is -2.31. The number of aromatic nitrogens is 4. The zero-order valence-electron chi connectivity index (χ0n) is 22.5. The molecule has 0 spiro atoms. The summed E-state index contributed by atoms with van der Waals surface area (Å²) in [6.45, 7) is 7.95. The molecular formula is C26H35F3N6O3Si. The van der Waals surface area contributed by atoms with Crippen LogP contribution in [0.3, 0.4) is 0 Å². The molecule has 0 radical (unpaired) electrons. The maximum absolute atomic E-state index is 13.1. The summed E-state index contributed by atoms with van der Waals surface area (Å²) in [5, 5.41) is 12.2. The molecule has 1 atom stereocenters. The molecule has 2 N–H and O–H groups in total. The number of halogens is 3. The highest BCUT2D eigenvalue weighted by atomic mass is 28.3. The van der Waals surface area contributed by atoms with Crippen molar-refractivity contribution in [3.8, 4) is 6.07 Å². The number of nitrogens with one attached hydrogen (secondary N) is 2. The van der Waals surface area contributed by atoms with Crippen molar-refractivity contribution >= 4 is 30.0 Å². The number of ether oxygens (including phenoxy) is 1. The molecular weight excluding hydrogens is 529 g/mol. The second kappa shape index (κ2) is 11.7. The first kappa shape index (κ1) is 29.0. The fraction of sp³-hybridized carbons (Fsp3) is 0.615. The number of H-pyrrole nitrogens is 1. The van der Waals surface area contributed by atoms with E-state index in [1.54, 1.807) is 10.6 Å². The molecule has 39 heavy (non-hydrogen) atoms. The second-order valence-electron chi connectivity index (χ2n) is 11.6. The summed E-state index contributed by atoms with van der Waals surface area (Å²) < 4.78 is 48.8. The van der Waals surface area contributed by atoms with Crippen molar-refractivity contribution in [2.45, 2.75) is 82.8 Å². The summed E-state index contributed by atoms with van der Waals surface area (Å²) in [4.78, 5) is 32.6. The van der Waals surface area contributed by atoms with Crippen molar-refractivity contribution < 1.29 is 17.9 Å². The molecule has 0 aliphatic heterocycles. The number of aromatic amines is 1. The van der Waals surface area contributed by atoms with Crippen LogP contribution < -0.4 is 16.6 Å². The van der Waals surface area contributed by atoms with Gasteiger partial charge in [0.25, 0.3) is 5.56 Å². The molecule has 3 heterocycles.